The summed E-state index contributed by atoms with van der Waals surface area (Å²) in [4.78, 5) is 26.7. The van der Waals surface area contributed by atoms with E-state index in [1.165, 1.54) is 32.2 Å². The number of carbonyl (C=O) groups excluding carboxylic acids is 2. The average molecular weight is 443 g/mol. The van der Waals surface area contributed by atoms with Crippen LogP contribution in [0.1, 0.15) is 18.1 Å². The van der Waals surface area contributed by atoms with Gasteiger partial charge in [-0.3, -0.25) is 9.69 Å². The van der Waals surface area contributed by atoms with Crippen LogP contribution in [0, 0.1) is 0 Å². The van der Waals surface area contributed by atoms with Crippen LogP contribution in [-0.4, -0.2) is 25.6 Å². The molecule has 3 rings (SSSR count). The minimum atomic E-state index is -4.57. The number of alkyl halides is 3. The zero-order chi connectivity index (χ0) is 23.5. The SMILES string of the molecule is C=CCOc1ccc(/C=C2\C(=O)N(c3cccc(C(F)(F)F)c3)C(C)=C2C(=O)OC)cc1. The molecule has 1 amide bonds. The number of benzene rings is 2. The first-order valence-corrected chi connectivity index (χ1v) is 9.54. The van der Waals surface area contributed by atoms with Crippen LogP contribution >= 0.6 is 0 Å². The summed E-state index contributed by atoms with van der Waals surface area (Å²) in [6.45, 7) is 5.39. The van der Waals surface area contributed by atoms with E-state index >= 15 is 0 Å². The monoisotopic (exact) mass is 443 g/mol. The number of methoxy groups -OCH3 is 1. The fourth-order valence-corrected chi connectivity index (χ4v) is 3.29. The molecule has 0 fully saturated rings. The number of carbonyl (C=O) groups is 2. The second-order valence-electron chi connectivity index (χ2n) is 6.87. The predicted octanol–water partition coefficient (Wildman–Crippen LogP) is 5.15. The number of halogens is 3. The number of allylic oxidation sites excluding steroid dienone is 1. The molecule has 0 aromatic heterocycles. The Kier molecular flexibility index (Phi) is 6.53. The van der Waals surface area contributed by atoms with Crippen molar-refractivity contribution in [3.05, 3.63) is 89.2 Å². The van der Waals surface area contributed by atoms with Crippen LogP contribution in [0.3, 0.4) is 0 Å². The number of amides is 1. The molecule has 0 spiro atoms. The van der Waals surface area contributed by atoms with Gasteiger partial charge in [-0.2, -0.15) is 13.2 Å². The van der Waals surface area contributed by atoms with E-state index in [1.54, 1.807) is 30.3 Å². The highest BCUT2D eigenvalue weighted by atomic mass is 19.4. The standard InChI is InChI=1S/C24H20F3NO4/c1-4-12-32-19-10-8-16(9-11-19)13-20-21(23(30)31-3)15(2)28(22(20)29)18-7-5-6-17(14-18)24(25,26)27/h4-11,13-14H,1,12H2,2-3H3/b20-13-. The van der Waals surface area contributed by atoms with Crippen molar-refractivity contribution in [3.8, 4) is 5.75 Å². The van der Waals surface area contributed by atoms with Gasteiger partial charge in [0.05, 0.1) is 23.8 Å². The van der Waals surface area contributed by atoms with Gasteiger partial charge in [-0.15, -0.1) is 0 Å². The van der Waals surface area contributed by atoms with Gasteiger partial charge in [-0.1, -0.05) is 30.9 Å². The molecule has 1 aliphatic rings. The number of anilines is 1. The maximum Gasteiger partial charge on any atom is 0.416 e. The first-order chi connectivity index (χ1) is 15.2. The smallest absolute Gasteiger partial charge is 0.416 e. The second kappa shape index (κ2) is 9.13. The third-order valence-corrected chi connectivity index (χ3v) is 4.78. The Bertz CT molecular complexity index is 1110. The molecule has 0 aliphatic carbocycles. The van der Waals surface area contributed by atoms with Gasteiger partial charge in [0.25, 0.3) is 5.91 Å². The molecule has 0 radical (unpaired) electrons. The quantitative estimate of drug-likeness (QED) is 0.352. The van der Waals surface area contributed by atoms with Gasteiger partial charge in [-0.05, 0) is 48.9 Å². The van der Waals surface area contributed by atoms with Crippen LogP contribution in [0.15, 0.2) is 78.0 Å². The Hall–Kier alpha value is -3.81. The van der Waals surface area contributed by atoms with Crippen molar-refractivity contribution in [2.45, 2.75) is 13.1 Å². The number of hydrogen-bond donors (Lipinski definition) is 0. The Balaban J connectivity index is 2.05. The van der Waals surface area contributed by atoms with Gasteiger partial charge >= 0.3 is 12.1 Å². The van der Waals surface area contributed by atoms with E-state index in [1.807, 2.05) is 0 Å². The van der Waals surface area contributed by atoms with Gasteiger partial charge in [0.1, 0.15) is 12.4 Å². The van der Waals surface area contributed by atoms with Crippen molar-refractivity contribution in [3.63, 3.8) is 0 Å². The van der Waals surface area contributed by atoms with E-state index in [9.17, 15) is 22.8 Å². The summed E-state index contributed by atoms with van der Waals surface area (Å²) < 4.78 is 49.7. The highest BCUT2D eigenvalue weighted by molar-refractivity contribution is 6.23. The number of esters is 1. The Labute approximate surface area is 183 Å². The van der Waals surface area contributed by atoms with Crippen LogP contribution in [0.4, 0.5) is 18.9 Å². The maximum absolute atomic E-state index is 13.2. The van der Waals surface area contributed by atoms with Crippen molar-refractivity contribution < 1.29 is 32.2 Å². The lowest BCUT2D eigenvalue weighted by Crippen LogP contribution is -2.24. The van der Waals surface area contributed by atoms with Crippen LogP contribution in [0.25, 0.3) is 6.08 Å². The predicted molar refractivity (Wildman–Crippen MR) is 114 cm³/mol. The number of ether oxygens (including phenoxy) is 2. The van der Waals surface area contributed by atoms with Gasteiger partial charge in [-0.25, -0.2) is 4.79 Å². The molecular formula is C24H20F3NO4. The molecule has 2 aromatic carbocycles. The first kappa shape index (κ1) is 22.9. The molecule has 32 heavy (non-hydrogen) atoms. The van der Waals surface area contributed by atoms with Gasteiger partial charge < -0.3 is 9.47 Å². The number of hydrogen-bond acceptors (Lipinski definition) is 4. The normalized spacial score (nSPS) is 15.3. The molecule has 2 aromatic rings. The average Bonchev–Trinajstić information content (AvgIpc) is 3.01. The lowest BCUT2D eigenvalue weighted by atomic mass is 10.0. The fraction of sp³-hybridized carbons (Fsp3) is 0.167. The van der Waals surface area contributed by atoms with Crippen molar-refractivity contribution in [2.75, 3.05) is 18.6 Å². The molecule has 166 valence electrons. The molecule has 0 unspecified atom stereocenters. The van der Waals surface area contributed by atoms with Crippen LogP contribution in [0.5, 0.6) is 5.75 Å². The minimum Gasteiger partial charge on any atom is -0.490 e. The Morgan fingerprint density at radius 1 is 1.16 bits per heavy atom. The molecule has 0 atom stereocenters. The largest absolute Gasteiger partial charge is 0.490 e. The third kappa shape index (κ3) is 4.59. The Morgan fingerprint density at radius 2 is 1.84 bits per heavy atom. The highest BCUT2D eigenvalue weighted by Crippen LogP contribution is 2.38. The van der Waals surface area contributed by atoms with E-state index in [-0.39, 0.29) is 22.5 Å². The topological polar surface area (TPSA) is 55.8 Å². The summed E-state index contributed by atoms with van der Waals surface area (Å²) in [5, 5.41) is 0. The second-order valence-corrected chi connectivity index (χ2v) is 6.87. The molecule has 1 aliphatic heterocycles. The highest BCUT2D eigenvalue weighted by Gasteiger charge is 2.39. The zero-order valence-electron chi connectivity index (χ0n) is 17.4. The van der Waals surface area contributed by atoms with Crippen molar-refractivity contribution in [1.29, 1.82) is 0 Å². The number of nitrogens with zero attached hydrogens (tertiary/aromatic N) is 1. The first-order valence-electron chi connectivity index (χ1n) is 9.54. The lowest BCUT2D eigenvalue weighted by molar-refractivity contribution is -0.137. The van der Waals surface area contributed by atoms with Gasteiger partial charge in [0.2, 0.25) is 0 Å². The van der Waals surface area contributed by atoms with Crippen LogP contribution in [-0.2, 0) is 20.5 Å². The van der Waals surface area contributed by atoms with Gasteiger partial charge in [0, 0.05) is 11.4 Å². The summed E-state index contributed by atoms with van der Waals surface area (Å²) in [6, 6.07) is 11.1. The zero-order valence-corrected chi connectivity index (χ0v) is 17.4. The fourth-order valence-electron chi connectivity index (χ4n) is 3.29. The third-order valence-electron chi connectivity index (χ3n) is 4.78. The molecule has 5 nitrogen and oxygen atoms in total. The molecule has 0 bridgehead atoms. The van der Waals surface area contributed by atoms with E-state index in [0.717, 1.165) is 17.0 Å². The molecule has 0 saturated heterocycles. The lowest BCUT2D eigenvalue weighted by Gasteiger charge is -2.19. The maximum atomic E-state index is 13.2. The van der Waals surface area contributed by atoms with E-state index in [2.05, 4.69) is 6.58 Å². The number of rotatable bonds is 6. The Morgan fingerprint density at radius 3 is 2.44 bits per heavy atom. The summed E-state index contributed by atoms with van der Waals surface area (Å²) in [7, 11) is 1.17. The molecular weight excluding hydrogens is 423 g/mol. The van der Waals surface area contributed by atoms with E-state index in [0.29, 0.717) is 17.9 Å². The summed E-state index contributed by atoms with van der Waals surface area (Å²) in [5.41, 5.74) is -0.116. The van der Waals surface area contributed by atoms with Crippen molar-refractivity contribution >= 4 is 23.6 Å². The van der Waals surface area contributed by atoms with Gasteiger partial charge in [0.15, 0.2) is 0 Å². The van der Waals surface area contributed by atoms with Crippen molar-refractivity contribution in [2.24, 2.45) is 0 Å². The molecule has 0 saturated carbocycles. The summed E-state index contributed by atoms with van der Waals surface area (Å²) in [5.74, 6) is -0.799. The van der Waals surface area contributed by atoms with Crippen molar-refractivity contribution in [1.82, 2.24) is 0 Å². The van der Waals surface area contributed by atoms with E-state index < -0.39 is 23.6 Å². The molecule has 8 heteroatoms. The minimum absolute atomic E-state index is 0.000279. The van der Waals surface area contributed by atoms with Crippen LogP contribution < -0.4 is 9.64 Å². The summed E-state index contributed by atoms with van der Waals surface area (Å²) >= 11 is 0. The summed E-state index contributed by atoms with van der Waals surface area (Å²) in [6.07, 6.45) is -1.48. The van der Waals surface area contributed by atoms with E-state index in [4.69, 9.17) is 9.47 Å². The molecule has 1 heterocycles. The van der Waals surface area contributed by atoms with Crippen LogP contribution in [0.2, 0.25) is 0 Å². The molecule has 0 N–H and O–H groups in total.